The number of likely N-dealkylation sites (tertiary alicyclic amines) is 1. The van der Waals surface area contributed by atoms with Gasteiger partial charge in [-0.3, -0.25) is 14.4 Å². The number of nitrogens with zero attached hydrogens (tertiary/aromatic N) is 1. The van der Waals surface area contributed by atoms with Gasteiger partial charge in [-0.05, 0) is 37.1 Å². The van der Waals surface area contributed by atoms with E-state index in [0.717, 1.165) is 25.8 Å². The number of carbonyl (C=O) groups excluding carboxylic acids is 2. The highest BCUT2D eigenvalue weighted by Gasteiger charge is 2.17. The van der Waals surface area contributed by atoms with Gasteiger partial charge in [-0.25, -0.2) is 0 Å². The molecular weight excluding hydrogens is 322 g/mol. The van der Waals surface area contributed by atoms with E-state index in [1.54, 1.807) is 23.1 Å². The van der Waals surface area contributed by atoms with Gasteiger partial charge in [0.15, 0.2) is 0 Å². The van der Waals surface area contributed by atoms with E-state index >= 15 is 0 Å². The van der Waals surface area contributed by atoms with Crippen LogP contribution in [0.15, 0.2) is 39.7 Å². The lowest BCUT2D eigenvalue weighted by Crippen LogP contribution is -2.39. The maximum Gasteiger partial charge on any atom is 0.261 e. The number of nitrogens with one attached hydrogen (secondary N) is 2. The van der Waals surface area contributed by atoms with Gasteiger partial charge in [0.05, 0.1) is 12.0 Å². The molecule has 1 fully saturated rings. The second kappa shape index (κ2) is 7.83. The third-order valence-corrected chi connectivity index (χ3v) is 4.28. The molecular formula is C18H21N3O4. The highest BCUT2D eigenvalue weighted by Crippen LogP contribution is 2.15. The summed E-state index contributed by atoms with van der Waals surface area (Å²) in [6, 6.07) is 6.55. The minimum atomic E-state index is -0.475. The lowest BCUT2D eigenvalue weighted by molar-refractivity contribution is -0.130. The first-order valence-electron chi connectivity index (χ1n) is 8.48. The van der Waals surface area contributed by atoms with E-state index in [-0.39, 0.29) is 11.5 Å². The van der Waals surface area contributed by atoms with Crippen LogP contribution in [0.25, 0.3) is 11.5 Å². The van der Waals surface area contributed by atoms with Gasteiger partial charge in [-0.1, -0.05) is 6.42 Å². The van der Waals surface area contributed by atoms with Crippen LogP contribution in [0.1, 0.15) is 36.0 Å². The quantitative estimate of drug-likeness (QED) is 0.865. The van der Waals surface area contributed by atoms with Crippen molar-refractivity contribution >= 4 is 11.8 Å². The molecule has 0 aromatic carbocycles. The van der Waals surface area contributed by atoms with Gasteiger partial charge in [0.2, 0.25) is 5.91 Å². The Morgan fingerprint density at radius 3 is 2.84 bits per heavy atom. The summed E-state index contributed by atoms with van der Waals surface area (Å²) < 4.78 is 5.22. The molecule has 0 bridgehead atoms. The van der Waals surface area contributed by atoms with Crippen molar-refractivity contribution in [3.63, 3.8) is 0 Å². The predicted octanol–water partition coefficient (Wildman–Crippen LogP) is 1.77. The van der Waals surface area contributed by atoms with E-state index in [1.165, 1.54) is 12.3 Å². The predicted molar refractivity (Wildman–Crippen MR) is 92.1 cm³/mol. The fourth-order valence-corrected chi connectivity index (χ4v) is 2.90. The Balaban J connectivity index is 1.58. The van der Waals surface area contributed by atoms with Crippen molar-refractivity contribution < 1.29 is 14.0 Å². The van der Waals surface area contributed by atoms with E-state index < -0.39 is 11.5 Å². The molecule has 1 aliphatic heterocycles. The zero-order valence-corrected chi connectivity index (χ0v) is 13.9. The van der Waals surface area contributed by atoms with Crippen LogP contribution in [0.2, 0.25) is 0 Å². The fourth-order valence-electron chi connectivity index (χ4n) is 2.90. The summed E-state index contributed by atoms with van der Waals surface area (Å²) in [6.45, 7) is 1.52. The van der Waals surface area contributed by atoms with E-state index in [0.29, 0.717) is 31.0 Å². The third kappa shape index (κ3) is 4.17. The molecule has 2 amide bonds. The number of aromatic amines is 1. The third-order valence-electron chi connectivity index (χ3n) is 4.28. The van der Waals surface area contributed by atoms with Crippen molar-refractivity contribution in [2.24, 2.45) is 0 Å². The number of aromatic nitrogens is 1. The summed E-state index contributed by atoms with van der Waals surface area (Å²) >= 11 is 0. The molecule has 1 aliphatic rings. The monoisotopic (exact) mass is 343 g/mol. The Labute approximate surface area is 145 Å². The number of carbonyl (C=O) groups is 2. The molecule has 2 N–H and O–H groups in total. The normalized spacial score (nSPS) is 15.0. The van der Waals surface area contributed by atoms with Gasteiger partial charge < -0.3 is 19.6 Å². The average Bonchev–Trinajstić information content (AvgIpc) is 3.06. The van der Waals surface area contributed by atoms with E-state index in [4.69, 9.17) is 4.42 Å². The van der Waals surface area contributed by atoms with Crippen LogP contribution in [0.5, 0.6) is 0 Å². The Kier molecular flexibility index (Phi) is 5.33. The van der Waals surface area contributed by atoms with Crippen molar-refractivity contribution in [2.45, 2.75) is 25.7 Å². The summed E-state index contributed by atoms with van der Waals surface area (Å²) in [5.41, 5.74) is 0.0801. The Bertz CT molecular complexity index is 795. The zero-order valence-electron chi connectivity index (χ0n) is 13.9. The molecule has 0 aliphatic carbocycles. The average molecular weight is 343 g/mol. The minimum absolute atomic E-state index is 0.0394. The Morgan fingerprint density at radius 1 is 1.20 bits per heavy atom. The van der Waals surface area contributed by atoms with Gasteiger partial charge in [0.1, 0.15) is 11.3 Å². The van der Waals surface area contributed by atoms with Crippen LogP contribution < -0.4 is 10.9 Å². The van der Waals surface area contributed by atoms with Crippen molar-refractivity contribution in [2.75, 3.05) is 19.6 Å². The molecule has 0 radical (unpaired) electrons. The van der Waals surface area contributed by atoms with Crippen molar-refractivity contribution in [3.05, 3.63) is 46.4 Å². The fraction of sp³-hybridized carbons (Fsp3) is 0.389. The number of hydrogen-bond donors (Lipinski definition) is 2. The number of hydrogen-bond acceptors (Lipinski definition) is 4. The highest BCUT2D eigenvalue weighted by atomic mass is 16.3. The molecule has 0 spiro atoms. The van der Waals surface area contributed by atoms with Crippen LogP contribution in [-0.4, -0.2) is 41.3 Å². The summed E-state index contributed by atoms with van der Waals surface area (Å²) in [5.74, 6) is 0.214. The molecule has 25 heavy (non-hydrogen) atoms. The van der Waals surface area contributed by atoms with Crippen LogP contribution in [0, 0.1) is 0 Å². The van der Waals surface area contributed by atoms with Crippen LogP contribution >= 0.6 is 0 Å². The second-order valence-electron chi connectivity index (χ2n) is 6.04. The number of furan rings is 1. The van der Waals surface area contributed by atoms with Gasteiger partial charge in [0, 0.05) is 26.1 Å². The van der Waals surface area contributed by atoms with E-state index in [2.05, 4.69) is 10.3 Å². The molecule has 2 aromatic heterocycles. The molecule has 2 aromatic rings. The standard InChI is InChI=1S/C18H21N3O4/c22-16-6-2-1-3-10-21(16)11-9-19-17(23)13-7-8-14(20-18(13)24)15-5-4-12-25-15/h4-5,7-8,12H,1-3,6,9-11H2,(H,19,23)(H,20,24). The molecule has 0 saturated carbocycles. The van der Waals surface area contributed by atoms with Crippen molar-refractivity contribution in [1.29, 1.82) is 0 Å². The summed E-state index contributed by atoms with van der Waals surface area (Å²) in [6.07, 6.45) is 5.07. The number of rotatable bonds is 5. The van der Waals surface area contributed by atoms with Crippen molar-refractivity contribution in [3.8, 4) is 11.5 Å². The van der Waals surface area contributed by atoms with Crippen LogP contribution in [0.4, 0.5) is 0 Å². The van der Waals surface area contributed by atoms with E-state index in [9.17, 15) is 14.4 Å². The molecule has 0 atom stereocenters. The summed E-state index contributed by atoms with van der Waals surface area (Å²) in [7, 11) is 0. The molecule has 3 heterocycles. The molecule has 3 rings (SSSR count). The summed E-state index contributed by atoms with van der Waals surface area (Å²) in [4.78, 5) is 40.6. The zero-order chi connectivity index (χ0) is 17.6. The SMILES string of the molecule is O=C(NCCN1CCCCCC1=O)c1ccc(-c2ccco2)[nH]c1=O. The Morgan fingerprint density at radius 2 is 2.08 bits per heavy atom. The molecule has 132 valence electrons. The van der Waals surface area contributed by atoms with E-state index in [1.807, 2.05) is 0 Å². The molecule has 1 saturated heterocycles. The Hall–Kier alpha value is -2.83. The number of pyridine rings is 1. The first kappa shape index (κ1) is 17.0. The van der Waals surface area contributed by atoms with Crippen molar-refractivity contribution in [1.82, 2.24) is 15.2 Å². The lowest BCUT2D eigenvalue weighted by atomic mass is 10.2. The maximum absolute atomic E-state index is 12.2. The first-order valence-corrected chi connectivity index (χ1v) is 8.48. The van der Waals surface area contributed by atoms with Crippen LogP contribution in [-0.2, 0) is 4.79 Å². The second-order valence-corrected chi connectivity index (χ2v) is 6.04. The smallest absolute Gasteiger partial charge is 0.261 e. The molecule has 7 heteroatoms. The van der Waals surface area contributed by atoms with Gasteiger partial charge in [0.25, 0.3) is 11.5 Å². The molecule has 7 nitrogen and oxygen atoms in total. The summed E-state index contributed by atoms with van der Waals surface area (Å²) in [5, 5.41) is 2.71. The number of H-pyrrole nitrogens is 1. The topological polar surface area (TPSA) is 95.4 Å². The number of amides is 2. The van der Waals surface area contributed by atoms with Gasteiger partial charge >= 0.3 is 0 Å². The highest BCUT2D eigenvalue weighted by molar-refractivity contribution is 5.94. The maximum atomic E-state index is 12.2. The minimum Gasteiger partial charge on any atom is -0.463 e. The van der Waals surface area contributed by atoms with Gasteiger partial charge in [-0.2, -0.15) is 0 Å². The lowest BCUT2D eigenvalue weighted by Gasteiger charge is -2.20. The van der Waals surface area contributed by atoms with Crippen LogP contribution in [0.3, 0.4) is 0 Å². The first-order chi connectivity index (χ1) is 12.1. The van der Waals surface area contributed by atoms with Gasteiger partial charge in [-0.15, -0.1) is 0 Å². The largest absolute Gasteiger partial charge is 0.463 e. The molecule has 0 unspecified atom stereocenters.